The maximum absolute atomic E-state index is 13.5. The lowest BCUT2D eigenvalue weighted by Crippen LogP contribution is -2.35. The molecule has 4 rings (SSSR count). The molecular weight excluding hydrogens is 412 g/mol. The van der Waals surface area contributed by atoms with Gasteiger partial charge in [-0.1, -0.05) is 18.2 Å². The van der Waals surface area contributed by atoms with Crippen LogP contribution in [0.3, 0.4) is 0 Å². The minimum Gasteiger partial charge on any atom is -0.372 e. The number of benzene rings is 1. The van der Waals surface area contributed by atoms with Gasteiger partial charge in [0.25, 0.3) is 5.91 Å². The van der Waals surface area contributed by atoms with Crippen LogP contribution in [0, 0.1) is 6.92 Å². The van der Waals surface area contributed by atoms with E-state index in [-0.39, 0.29) is 11.7 Å². The van der Waals surface area contributed by atoms with E-state index in [1.54, 1.807) is 6.07 Å². The Morgan fingerprint density at radius 1 is 1.09 bits per heavy atom. The lowest BCUT2D eigenvalue weighted by molar-refractivity contribution is -0.116. The van der Waals surface area contributed by atoms with Crippen LogP contribution >= 0.6 is 0 Å². The number of allylic oxidation sites excluding steroid dienone is 3. The SMILES string of the molecule is CCN(CC)c1ccc([C@@H]2C(C(=O)Nc3cccc(C)n3)=C(C)NC3=C2C(=O)CCC3)cc1. The van der Waals surface area contributed by atoms with E-state index in [4.69, 9.17) is 0 Å². The summed E-state index contributed by atoms with van der Waals surface area (Å²) in [6.45, 7) is 9.92. The van der Waals surface area contributed by atoms with Crippen LogP contribution in [0.15, 0.2) is 65.0 Å². The number of nitrogens with one attached hydrogen (secondary N) is 2. The van der Waals surface area contributed by atoms with Gasteiger partial charge in [0.15, 0.2) is 5.78 Å². The molecule has 2 aliphatic rings. The van der Waals surface area contributed by atoms with Crippen molar-refractivity contribution < 1.29 is 9.59 Å². The van der Waals surface area contributed by atoms with E-state index in [0.29, 0.717) is 17.8 Å². The molecule has 1 amide bonds. The van der Waals surface area contributed by atoms with E-state index >= 15 is 0 Å². The van der Waals surface area contributed by atoms with Crippen LogP contribution in [-0.2, 0) is 9.59 Å². The molecule has 6 nitrogen and oxygen atoms in total. The number of aryl methyl sites for hydroxylation is 1. The second-order valence-corrected chi connectivity index (χ2v) is 8.65. The Balaban J connectivity index is 1.75. The molecule has 172 valence electrons. The molecule has 1 aliphatic heterocycles. The zero-order valence-electron chi connectivity index (χ0n) is 19.9. The summed E-state index contributed by atoms with van der Waals surface area (Å²) in [4.78, 5) is 33.3. The van der Waals surface area contributed by atoms with Gasteiger partial charge in [-0.2, -0.15) is 0 Å². The molecular formula is C27H32N4O2. The van der Waals surface area contributed by atoms with Crippen molar-refractivity contribution in [1.29, 1.82) is 0 Å². The Morgan fingerprint density at radius 3 is 2.48 bits per heavy atom. The van der Waals surface area contributed by atoms with Gasteiger partial charge in [-0.15, -0.1) is 0 Å². The van der Waals surface area contributed by atoms with Gasteiger partial charge in [0.2, 0.25) is 0 Å². The Kier molecular flexibility index (Phi) is 6.63. The minimum absolute atomic E-state index is 0.119. The first-order valence-electron chi connectivity index (χ1n) is 11.8. The van der Waals surface area contributed by atoms with Crippen molar-refractivity contribution >= 4 is 23.2 Å². The summed E-state index contributed by atoms with van der Waals surface area (Å²) in [6.07, 6.45) is 2.17. The lowest BCUT2D eigenvalue weighted by atomic mass is 9.75. The van der Waals surface area contributed by atoms with E-state index in [2.05, 4.69) is 58.6 Å². The fourth-order valence-electron chi connectivity index (χ4n) is 4.88. The van der Waals surface area contributed by atoms with Crippen LogP contribution < -0.4 is 15.5 Å². The number of hydrogen-bond donors (Lipinski definition) is 2. The number of hydrogen-bond acceptors (Lipinski definition) is 5. The van der Waals surface area contributed by atoms with Crippen molar-refractivity contribution in [1.82, 2.24) is 10.3 Å². The van der Waals surface area contributed by atoms with E-state index in [1.165, 1.54) is 0 Å². The first-order chi connectivity index (χ1) is 15.9. The Hall–Kier alpha value is -3.41. The first kappa shape index (κ1) is 22.8. The van der Waals surface area contributed by atoms with Gasteiger partial charge in [0, 0.05) is 59.3 Å². The number of amides is 1. The zero-order valence-corrected chi connectivity index (χ0v) is 19.9. The Morgan fingerprint density at radius 2 is 1.82 bits per heavy atom. The van der Waals surface area contributed by atoms with Gasteiger partial charge in [0.1, 0.15) is 5.82 Å². The molecule has 0 saturated heterocycles. The van der Waals surface area contributed by atoms with Gasteiger partial charge < -0.3 is 15.5 Å². The van der Waals surface area contributed by atoms with Crippen molar-refractivity contribution in [3.05, 3.63) is 76.3 Å². The maximum atomic E-state index is 13.5. The molecule has 0 fully saturated rings. The highest BCUT2D eigenvalue weighted by atomic mass is 16.2. The van der Waals surface area contributed by atoms with Gasteiger partial charge in [-0.3, -0.25) is 9.59 Å². The van der Waals surface area contributed by atoms with Gasteiger partial charge in [-0.05, 0) is 70.4 Å². The average molecular weight is 445 g/mol. The summed E-state index contributed by atoms with van der Waals surface area (Å²) in [5.74, 6) is -0.0100. The van der Waals surface area contributed by atoms with Crippen LogP contribution in [0.5, 0.6) is 0 Å². The van der Waals surface area contributed by atoms with Crippen molar-refractivity contribution in [2.75, 3.05) is 23.3 Å². The molecule has 1 aromatic carbocycles. The third kappa shape index (κ3) is 4.56. The standard InChI is InChI=1S/C27H32N4O2/c1-5-31(6-2)20-15-13-19(14-16-20)25-24(27(33)30-23-12-7-9-17(3)28-23)18(4)29-21-10-8-11-22(32)26(21)25/h7,9,12-16,25,29H,5-6,8,10-11H2,1-4H3,(H,28,30,33)/t25-/m1/s1. The molecule has 33 heavy (non-hydrogen) atoms. The summed E-state index contributed by atoms with van der Waals surface area (Å²) in [6, 6.07) is 13.8. The molecule has 2 N–H and O–H groups in total. The third-order valence-electron chi connectivity index (χ3n) is 6.51. The van der Waals surface area contributed by atoms with E-state index in [0.717, 1.165) is 59.8 Å². The smallest absolute Gasteiger partial charge is 0.255 e. The summed E-state index contributed by atoms with van der Waals surface area (Å²) in [5.41, 5.74) is 5.96. The van der Waals surface area contributed by atoms with Crippen molar-refractivity contribution in [2.24, 2.45) is 0 Å². The topological polar surface area (TPSA) is 74.3 Å². The van der Waals surface area contributed by atoms with Crippen LogP contribution in [0.1, 0.15) is 57.2 Å². The number of nitrogens with zero attached hydrogens (tertiary/aromatic N) is 2. The van der Waals surface area contributed by atoms with Crippen LogP contribution in [-0.4, -0.2) is 29.8 Å². The molecule has 1 aliphatic carbocycles. The first-order valence-corrected chi connectivity index (χ1v) is 11.8. The second kappa shape index (κ2) is 9.61. The van der Waals surface area contributed by atoms with Crippen molar-refractivity contribution in [3.63, 3.8) is 0 Å². The third-order valence-corrected chi connectivity index (χ3v) is 6.51. The molecule has 0 spiro atoms. The molecule has 2 heterocycles. The number of rotatable bonds is 6. The lowest BCUT2D eigenvalue weighted by Gasteiger charge is -2.34. The predicted molar refractivity (Wildman–Crippen MR) is 132 cm³/mol. The largest absolute Gasteiger partial charge is 0.372 e. The highest BCUT2D eigenvalue weighted by Crippen LogP contribution is 2.42. The monoisotopic (exact) mass is 444 g/mol. The summed E-state index contributed by atoms with van der Waals surface area (Å²) < 4.78 is 0. The van der Waals surface area contributed by atoms with Crippen LogP contribution in [0.2, 0.25) is 0 Å². The second-order valence-electron chi connectivity index (χ2n) is 8.65. The fourth-order valence-corrected chi connectivity index (χ4v) is 4.88. The predicted octanol–water partition coefficient (Wildman–Crippen LogP) is 4.84. The number of dihydropyridines is 1. The molecule has 1 atom stereocenters. The molecule has 0 unspecified atom stereocenters. The molecule has 2 aromatic rings. The molecule has 0 saturated carbocycles. The number of anilines is 2. The number of ketones is 1. The van der Waals surface area contributed by atoms with Gasteiger partial charge in [0.05, 0.1) is 0 Å². The minimum atomic E-state index is -0.399. The Labute approximate surface area is 195 Å². The quantitative estimate of drug-likeness (QED) is 0.667. The van der Waals surface area contributed by atoms with Crippen LogP contribution in [0.25, 0.3) is 0 Å². The molecule has 6 heteroatoms. The highest BCUT2D eigenvalue weighted by Gasteiger charge is 2.38. The number of Topliss-reactive ketones (excluding diaryl/α,β-unsaturated/α-hetero) is 1. The van der Waals surface area contributed by atoms with E-state index < -0.39 is 5.92 Å². The number of carbonyl (C=O) groups is 2. The number of carbonyl (C=O) groups excluding carboxylic acids is 2. The van der Waals surface area contributed by atoms with Crippen molar-refractivity contribution in [2.45, 2.75) is 52.9 Å². The van der Waals surface area contributed by atoms with Crippen molar-refractivity contribution in [3.8, 4) is 0 Å². The maximum Gasteiger partial charge on any atom is 0.255 e. The highest BCUT2D eigenvalue weighted by molar-refractivity contribution is 6.09. The van der Waals surface area contributed by atoms with Gasteiger partial charge in [-0.25, -0.2) is 4.98 Å². The fraction of sp³-hybridized carbons (Fsp3) is 0.370. The Bertz CT molecular complexity index is 1130. The van der Waals surface area contributed by atoms with Gasteiger partial charge >= 0.3 is 0 Å². The van der Waals surface area contributed by atoms with Crippen LogP contribution in [0.4, 0.5) is 11.5 Å². The molecule has 0 bridgehead atoms. The molecule has 0 radical (unpaired) electrons. The van der Waals surface area contributed by atoms with E-state index in [1.807, 2.05) is 26.0 Å². The normalized spacial score (nSPS) is 18.1. The number of aromatic nitrogens is 1. The summed E-state index contributed by atoms with van der Waals surface area (Å²) in [7, 11) is 0. The van der Waals surface area contributed by atoms with E-state index in [9.17, 15) is 9.59 Å². The molecule has 1 aromatic heterocycles. The zero-order chi connectivity index (χ0) is 23.5. The number of pyridine rings is 1. The average Bonchev–Trinajstić information content (AvgIpc) is 2.79. The summed E-state index contributed by atoms with van der Waals surface area (Å²) >= 11 is 0. The summed E-state index contributed by atoms with van der Waals surface area (Å²) in [5, 5.41) is 6.32.